The Kier molecular flexibility index (Phi) is 6.23. The molecular formula is C20H23FN2O3S. The van der Waals surface area contributed by atoms with E-state index in [0.717, 1.165) is 37.0 Å². The Balaban J connectivity index is 1.71. The summed E-state index contributed by atoms with van der Waals surface area (Å²) in [5.41, 5.74) is 1.23. The standard InChI is InChI=1S/C20H23FN2O3S/c21-18-10-9-17(20(24)22-12-11-16-7-3-1-4-8-16)15-19(18)27(25,26)23-13-5-2-6-14-23/h1,3-4,7-10,15H,2,5-6,11-14H2,(H,22,24). The Hall–Kier alpha value is -2.25. The SMILES string of the molecule is O=C(NCCc1ccccc1)c1ccc(F)c(S(=O)(=O)N2CCCCC2)c1. The zero-order chi connectivity index (χ0) is 19.3. The van der Waals surface area contributed by atoms with Crippen LogP contribution >= 0.6 is 0 Å². The van der Waals surface area contributed by atoms with Gasteiger partial charge in [0.15, 0.2) is 0 Å². The molecule has 0 aromatic heterocycles. The molecule has 0 bridgehead atoms. The van der Waals surface area contributed by atoms with Crippen LogP contribution in [-0.4, -0.2) is 38.3 Å². The molecule has 2 aromatic carbocycles. The average molecular weight is 390 g/mol. The van der Waals surface area contributed by atoms with Crippen LogP contribution in [0.15, 0.2) is 53.4 Å². The van der Waals surface area contributed by atoms with E-state index in [2.05, 4.69) is 5.32 Å². The highest BCUT2D eigenvalue weighted by Gasteiger charge is 2.29. The number of hydrogen-bond acceptors (Lipinski definition) is 3. The van der Waals surface area contributed by atoms with Gasteiger partial charge in [0.25, 0.3) is 5.91 Å². The minimum atomic E-state index is -3.93. The summed E-state index contributed by atoms with van der Waals surface area (Å²) in [6, 6.07) is 13.2. The number of carbonyl (C=O) groups is 1. The van der Waals surface area contributed by atoms with Crippen LogP contribution in [0.3, 0.4) is 0 Å². The lowest BCUT2D eigenvalue weighted by Crippen LogP contribution is -2.36. The van der Waals surface area contributed by atoms with Crippen molar-refractivity contribution < 1.29 is 17.6 Å². The van der Waals surface area contributed by atoms with Crippen molar-refractivity contribution >= 4 is 15.9 Å². The maximum Gasteiger partial charge on any atom is 0.251 e. The number of nitrogens with one attached hydrogen (secondary N) is 1. The van der Waals surface area contributed by atoms with Gasteiger partial charge in [0, 0.05) is 25.2 Å². The van der Waals surface area contributed by atoms with Gasteiger partial charge >= 0.3 is 0 Å². The highest BCUT2D eigenvalue weighted by Crippen LogP contribution is 2.24. The maximum absolute atomic E-state index is 14.2. The molecular weight excluding hydrogens is 367 g/mol. The number of sulfonamides is 1. The van der Waals surface area contributed by atoms with Crippen molar-refractivity contribution in [1.82, 2.24) is 9.62 Å². The van der Waals surface area contributed by atoms with E-state index in [-0.39, 0.29) is 5.56 Å². The number of piperidine rings is 1. The molecule has 1 heterocycles. The molecule has 27 heavy (non-hydrogen) atoms. The summed E-state index contributed by atoms with van der Waals surface area (Å²) in [4.78, 5) is 11.9. The zero-order valence-electron chi connectivity index (χ0n) is 15.0. The van der Waals surface area contributed by atoms with E-state index in [4.69, 9.17) is 0 Å². The number of nitrogens with zero attached hydrogens (tertiary/aromatic N) is 1. The fourth-order valence-electron chi connectivity index (χ4n) is 3.15. The van der Waals surface area contributed by atoms with Crippen molar-refractivity contribution in [2.75, 3.05) is 19.6 Å². The van der Waals surface area contributed by atoms with E-state index in [1.807, 2.05) is 30.3 Å². The predicted octanol–water partition coefficient (Wildman–Crippen LogP) is 2.97. The van der Waals surface area contributed by atoms with Gasteiger partial charge in [-0.3, -0.25) is 4.79 Å². The van der Waals surface area contributed by atoms with Gasteiger partial charge < -0.3 is 5.32 Å². The smallest absolute Gasteiger partial charge is 0.251 e. The van der Waals surface area contributed by atoms with Crippen molar-refractivity contribution in [3.8, 4) is 0 Å². The highest BCUT2D eigenvalue weighted by molar-refractivity contribution is 7.89. The molecule has 0 unspecified atom stereocenters. The average Bonchev–Trinajstić information content (AvgIpc) is 2.69. The quantitative estimate of drug-likeness (QED) is 0.825. The van der Waals surface area contributed by atoms with Gasteiger partial charge in [-0.25, -0.2) is 12.8 Å². The second kappa shape index (κ2) is 8.63. The van der Waals surface area contributed by atoms with Crippen molar-refractivity contribution in [2.45, 2.75) is 30.6 Å². The molecule has 0 spiro atoms. The number of rotatable bonds is 6. The second-order valence-corrected chi connectivity index (χ2v) is 8.51. The van der Waals surface area contributed by atoms with Crippen LogP contribution in [0.2, 0.25) is 0 Å². The Morgan fingerprint density at radius 2 is 1.74 bits per heavy atom. The van der Waals surface area contributed by atoms with E-state index in [9.17, 15) is 17.6 Å². The van der Waals surface area contributed by atoms with Gasteiger partial charge in [-0.15, -0.1) is 0 Å². The van der Waals surface area contributed by atoms with Gasteiger partial charge in [0.1, 0.15) is 10.7 Å². The zero-order valence-corrected chi connectivity index (χ0v) is 15.8. The van der Waals surface area contributed by atoms with Gasteiger partial charge in [-0.05, 0) is 43.0 Å². The van der Waals surface area contributed by atoms with Crippen LogP contribution in [-0.2, 0) is 16.4 Å². The van der Waals surface area contributed by atoms with Crippen molar-refractivity contribution in [3.63, 3.8) is 0 Å². The van der Waals surface area contributed by atoms with Crippen LogP contribution in [0, 0.1) is 5.82 Å². The van der Waals surface area contributed by atoms with Gasteiger partial charge in [-0.2, -0.15) is 4.31 Å². The third kappa shape index (κ3) is 4.73. The van der Waals surface area contributed by atoms with E-state index in [0.29, 0.717) is 26.1 Å². The molecule has 0 radical (unpaired) electrons. The normalized spacial score (nSPS) is 15.4. The van der Waals surface area contributed by atoms with Crippen molar-refractivity contribution in [2.24, 2.45) is 0 Å². The number of halogens is 1. The minimum Gasteiger partial charge on any atom is -0.352 e. The van der Waals surface area contributed by atoms with Crippen LogP contribution in [0.4, 0.5) is 4.39 Å². The highest BCUT2D eigenvalue weighted by atomic mass is 32.2. The summed E-state index contributed by atoms with van der Waals surface area (Å²) >= 11 is 0. The van der Waals surface area contributed by atoms with Crippen LogP contribution in [0.1, 0.15) is 35.2 Å². The molecule has 1 fully saturated rings. The first-order valence-corrected chi connectivity index (χ1v) is 10.5. The largest absolute Gasteiger partial charge is 0.352 e. The third-order valence-electron chi connectivity index (χ3n) is 4.67. The first-order valence-electron chi connectivity index (χ1n) is 9.10. The monoisotopic (exact) mass is 390 g/mol. The van der Waals surface area contributed by atoms with Crippen molar-refractivity contribution in [3.05, 3.63) is 65.5 Å². The molecule has 3 rings (SSSR count). The minimum absolute atomic E-state index is 0.139. The summed E-state index contributed by atoms with van der Waals surface area (Å²) in [6.07, 6.45) is 3.16. The molecule has 0 saturated carbocycles. The second-order valence-electron chi connectivity index (χ2n) is 6.60. The lowest BCUT2D eigenvalue weighted by atomic mass is 10.1. The number of benzene rings is 2. The first-order chi connectivity index (χ1) is 13.0. The molecule has 144 valence electrons. The lowest BCUT2D eigenvalue weighted by molar-refractivity contribution is 0.0954. The molecule has 5 nitrogen and oxygen atoms in total. The summed E-state index contributed by atoms with van der Waals surface area (Å²) in [6.45, 7) is 1.18. The fraction of sp³-hybridized carbons (Fsp3) is 0.350. The van der Waals surface area contributed by atoms with E-state index in [1.54, 1.807) is 0 Å². The Bertz CT molecular complexity index is 895. The molecule has 1 saturated heterocycles. The summed E-state index contributed by atoms with van der Waals surface area (Å²) < 4.78 is 41.0. The number of hydrogen-bond donors (Lipinski definition) is 1. The van der Waals surface area contributed by atoms with E-state index in [1.165, 1.54) is 10.4 Å². The van der Waals surface area contributed by atoms with Crippen LogP contribution < -0.4 is 5.32 Å². The van der Waals surface area contributed by atoms with E-state index >= 15 is 0 Å². The Morgan fingerprint density at radius 3 is 2.44 bits per heavy atom. The molecule has 1 amide bonds. The van der Waals surface area contributed by atoms with Crippen molar-refractivity contribution in [1.29, 1.82) is 0 Å². The third-order valence-corrected chi connectivity index (χ3v) is 6.58. The fourth-order valence-corrected chi connectivity index (χ4v) is 4.76. The predicted molar refractivity (Wildman–Crippen MR) is 101 cm³/mol. The maximum atomic E-state index is 14.2. The summed E-state index contributed by atoms with van der Waals surface area (Å²) in [5.74, 6) is -1.25. The van der Waals surface area contributed by atoms with E-state index < -0.39 is 26.6 Å². The molecule has 1 N–H and O–H groups in total. The first kappa shape index (κ1) is 19.5. The topological polar surface area (TPSA) is 66.5 Å². The van der Waals surface area contributed by atoms with Gasteiger partial charge in [0.05, 0.1) is 0 Å². The molecule has 1 aliphatic rings. The number of amides is 1. The number of carbonyl (C=O) groups excluding carboxylic acids is 1. The lowest BCUT2D eigenvalue weighted by Gasteiger charge is -2.26. The van der Waals surface area contributed by atoms with Gasteiger partial charge in [-0.1, -0.05) is 36.8 Å². The Morgan fingerprint density at radius 1 is 1.04 bits per heavy atom. The Labute approximate surface area is 159 Å². The molecule has 0 aliphatic carbocycles. The molecule has 2 aromatic rings. The summed E-state index contributed by atoms with van der Waals surface area (Å²) in [7, 11) is -3.93. The van der Waals surface area contributed by atoms with Gasteiger partial charge in [0.2, 0.25) is 10.0 Å². The van der Waals surface area contributed by atoms with Crippen LogP contribution in [0.5, 0.6) is 0 Å². The molecule has 1 aliphatic heterocycles. The molecule has 7 heteroatoms. The molecule has 0 atom stereocenters. The summed E-state index contributed by atoms with van der Waals surface area (Å²) in [5, 5.41) is 2.76. The van der Waals surface area contributed by atoms with Crippen LogP contribution in [0.25, 0.3) is 0 Å².